The summed E-state index contributed by atoms with van der Waals surface area (Å²) in [6.07, 6.45) is 1.14. The number of esters is 1. The Balaban J connectivity index is 0.00000208. The second-order valence-electron chi connectivity index (χ2n) is 6.12. The van der Waals surface area contributed by atoms with Gasteiger partial charge in [0.15, 0.2) is 5.66 Å². The standard InChI is InChI=1S/C19H22N2O2.ClH/c1-2-11-19(20,21)18(22)23-12-17-15-9-5-3-7-13(15)14-8-4-6-10-16(14)17;/h3-10,17H,2,11-12,20-21H2,1H3;1H. The molecular weight excluding hydrogens is 324 g/mol. The molecule has 0 unspecified atom stereocenters. The molecule has 0 aromatic heterocycles. The lowest BCUT2D eigenvalue weighted by atomic mass is 9.98. The van der Waals surface area contributed by atoms with Gasteiger partial charge in [0.25, 0.3) is 0 Å². The lowest BCUT2D eigenvalue weighted by Crippen LogP contribution is -2.57. The van der Waals surface area contributed by atoms with Crippen LogP contribution in [0.4, 0.5) is 0 Å². The van der Waals surface area contributed by atoms with E-state index in [9.17, 15) is 4.79 Å². The van der Waals surface area contributed by atoms with Crippen molar-refractivity contribution in [1.29, 1.82) is 0 Å². The van der Waals surface area contributed by atoms with Gasteiger partial charge in [0.2, 0.25) is 0 Å². The molecule has 128 valence electrons. The van der Waals surface area contributed by atoms with Crippen LogP contribution in [0.3, 0.4) is 0 Å². The van der Waals surface area contributed by atoms with Gasteiger partial charge in [-0.15, -0.1) is 12.4 Å². The lowest BCUT2D eigenvalue weighted by Gasteiger charge is -2.23. The molecule has 4 nitrogen and oxygen atoms in total. The summed E-state index contributed by atoms with van der Waals surface area (Å²) in [4.78, 5) is 12.2. The van der Waals surface area contributed by atoms with Gasteiger partial charge in [-0.1, -0.05) is 61.9 Å². The number of fused-ring (bicyclic) bond motifs is 3. The monoisotopic (exact) mass is 346 g/mol. The van der Waals surface area contributed by atoms with E-state index in [0.717, 1.165) is 6.42 Å². The molecule has 1 aliphatic carbocycles. The van der Waals surface area contributed by atoms with E-state index < -0.39 is 11.6 Å². The molecule has 0 bridgehead atoms. The topological polar surface area (TPSA) is 78.3 Å². The zero-order chi connectivity index (χ0) is 16.4. The maximum Gasteiger partial charge on any atom is 0.340 e. The Morgan fingerprint density at radius 3 is 2.04 bits per heavy atom. The maximum atomic E-state index is 12.2. The molecule has 0 heterocycles. The highest BCUT2D eigenvalue weighted by molar-refractivity contribution is 5.85. The number of nitrogens with two attached hydrogens (primary N) is 2. The van der Waals surface area contributed by atoms with Crippen LogP contribution in [-0.4, -0.2) is 18.2 Å². The average Bonchev–Trinajstić information content (AvgIpc) is 2.87. The number of ether oxygens (including phenoxy) is 1. The van der Waals surface area contributed by atoms with Crippen molar-refractivity contribution in [2.45, 2.75) is 31.3 Å². The highest BCUT2D eigenvalue weighted by Crippen LogP contribution is 2.44. The fourth-order valence-electron chi connectivity index (χ4n) is 3.25. The van der Waals surface area contributed by atoms with Gasteiger partial charge >= 0.3 is 5.97 Å². The van der Waals surface area contributed by atoms with Gasteiger partial charge in [-0.05, 0) is 28.7 Å². The normalized spacial score (nSPS) is 13.0. The second kappa shape index (κ2) is 7.34. The van der Waals surface area contributed by atoms with Crippen LogP contribution in [0.1, 0.15) is 36.8 Å². The smallest absolute Gasteiger partial charge is 0.340 e. The summed E-state index contributed by atoms with van der Waals surface area (Å²) >= 11 is 0. The highest BCUT2D eigenvalue weighted by atomic mass is 35.5. The molecule has 0 radical (unpaired) electrons. The molecule has 0 saturated carbocycles. The fraction of sp³-hybridized carbons (Fsp3) is 0.316. The van der Waals surface area contributed by atoms with E-state index in [4.69, 9.17) is 16.2 Å². The van der Waals surface area contributed by atoms with E-state index in [0.29, 0.717) is 6.42 Å². The van der Waals surface area contributed by atoms with Crippen LogP contribution in [-0.2, 0) is 9.53 Å². The van der Waals surface area contributed by atoms with Crippen molar-refractivity contribution in [3.8, 4) is 11.1 Å². The van der Waals surface area contributed by atoms with E-state index in [1.54, 1.807) is 0 Å². The summed E-state index contributed by atoms with van der Waals surface area (Å²) in [6.45, 7) is 2.19. The van der Waals surface area contributed by atoms with Gasteiger partial charge in [-0.3, -0.25) is 0 Å². The predicted octanol–water partition coefficient (Wildman–Crippen LogP) is 3.18. The molecule has 4 N–H and O–H groups in total. The molecule has 0 saturated heterocycles. The van der Waals surface area contributed by atoms with Crippen LogP contribution in [0, 0.1) is 0 Å². The SMILES string of the molecule is CCCC(N)(N)C(=O)OCC1c2ccccc2-c2ccccc21.Cl. The molecule has 0 atom stereocenters. The van der Waals surface area contributed by atoms with Crippen molar-refractivity contribution in [2.24, 2.45) is 11.5 Å². The number of halogens is 1. The van der Waals surface area contributed by atoms with Gasteiger partial charge in [-0.25, -0.2) is 4.79 Å². The van der Waals surface area contributed by atoms with Crippen LogP contribution in [0.15, 0.2) is 48.5 Å². The number of carbonyl (C=O) groups is 1. The van der Waals surface area contributed by atoms with E-state index >= 15 is 0 Å². The van der Waals surface area contributed by atoms with Crippen molar-refractivity contribution >= 4 is 18.4 Å². The van der Waals surface area contributed by atoms with Gasteiger partial charge in [0.1, 0.15) is 6.61 Å². The molecule has 0 fully saturated rings. The van der Waals surface area contributed by atoms with Crippen LogP contribution in [0.5, 0.6) is 0 Å². The first-order chi connectivity index (χ1) is 11.0. The van der Waals surface area contributed by atoms with Crippen LogP contribution in [0.25, 0.3) is 11.1 Å². The molecule has 5 heteroatoms. The number of benzene rings is 2. The minimum Gasteiger partial charge on any atom is -0.462 e. The van der Waals surface area contributed by atoms with Crippen molar-refractivity contribution in [3.63, 3.8) is 0 Å². The van der Waals surface area contributed by atoms with Crippen molar-refractivity contribution < 1.29 is 9.53 Å². The third-order valence-corrected chi connectivity index (χ3v) is 4.39. The molecular formula is C19H23ClN2O2. The Kier molecular flexibility index (Phi) is 5.65. The summed E-state index contributed by atoms with van der Waals surface area (Å²) in [5.41, 5.74) is 15.0. The Morgan fingerprint density at radius 2 is 1.54 bits per heavy atom. The summed E-state index contributed by atoms with van der Waals surface area (Å²) < 4.78 is 5.47. The minimum atomic E-state index is -1.41. The molecule has 0 amide bonds. The van der Waals surface area contributed by atoms with Crippen LogP contribution < -0.4 is 11.5 Å². The molecule has 2 aromatic rings. The minimum absolute atomic E-state index is 0. The Hall–Kier alpha value is -1.88. The zero-order valence-electron chi connectivity index (χ0n) is 13.7. The first-order valence-corrected chi connectivity index (χ1v) is 7.98. The molecule has 0 aliphatic heterocycles. The Bertz CT molecular complexity index is 685. The summed E-state index contributed by atoms with van der Waals surface area (Å²) in [6, 6.07) is 16.4. The molecule has 1 aliphatic rings. The van der Waals surface area contributed by atoms with Crippen LogP contribution in [0.2, 0.25) is 0 Å². The first-order valence-electron chi connectivity index (χ1n) is 7.98. The third kappa shape index (κ3) is 3.31. The van der Waals surface area contributed by atoms with Gasteiger partial charge in [0, 0.05) is 5.92 Å². The average molecular weight is 347 g/mol. The second-order valence-corrected chi connectivity index (χ2v) is 6.12. The predicted molar refractivity (Wildman–Crippen MR) is 97.9 cm³/mol. The first kappa shape index (κ1) is 18.5. The number of hydrogen-bond acceptors (Lipinski definition) is 4. The highest BCUT2D eigenvalue weighted by Gasteiger charge is 2.33. The fourth-order valence-corrected chi connectivity index (χ4v) is 3.25. The molecule has 0 spiro atoms. The Labute approximate surface area is 148 Å². The van der Waals surface area contributed by atoms with E-state index in [-0.39, 0.29) is 24.9 Å². The lowest BCUT2D eigenvalue weighted by molar-refractivity contribution is -0.150. The van der Waals surface area contributed by atoms with E-state index in [2.05, 4.69) is 24.3 Å². The molecule has 3 rings (SSSR count). The maximum absolute atomic E-state index is 12.2. The third-order valence-electron chi connectivity index (χ3n) is 4.39. The van der Waals surface area contributed by atoms with Crippen molar-refractivity contribution in [2.75, 3.05) is 6.61 Å². The summed E-state index contributed by atoms with van der Waals surface area (Å²) in [7, 11) is 0. The largest absolute Gasteiger partial charge is 0.462 e. The Morgan fingerprint density at radius 1 is 1.04 bits per heavy atom. The van der Waals surface area contributed by atoms with Gasteiger partial charge < -0.3 is 16.2 Å². The van der Waals surface area contributed by atoms with Gasteiger partial charge in [-0.2, -0.15) is 0 Å². The van der Waals surface area contributed by atoms with Crippen LogP contribution >= 0.6 is 12.4 Å². The van der Waals surface area contributed by atoms with Crippen molar-refractivity contribution in [3.05, 3.63) is 59.7 Å². The number of rotatable bonds is 5. The van der Waals surface area contributed by atoms with E-state index in [1.807, 2.05) is 31.2 Å². The molecule has 24 heavy (non-hydrogen) atoms. The number of hydrogen-bond donors (Lipinski definition) is 2. The van der Waals surface area contributed by atoms with E-state index in [1.165, 1.54) is 22.3 Å². The zero-order valence-corrected chi connectivity index (χ0v) is 14.5. The molecule has 2 aromatic carbocycles. The summed E-state index contributed by atoms with van der Waals surface area (Å²) in [5, 5.41) is 0. The summed E-state index contributed by atoms with van der Waals surface area (Å²) in [5.74, 6) is -0.509. The van der Waals surface area contributed by atoms with Crippen molar-refractivity contribution in [1.82, 2.24) is 0 Å². The quantitative estimate of drug-likeness (QED) is 0.643. The number of carbonyl (C=O) groups excluding carboxylic acids is 1. The van der Waals surface area contributed by atoms with Gasteiger partial charge in [0.05, 0.1) is 0 Å².